The third kappa shape index (κ3) is 4.49. The molecule has 1 atom stereocenters. The molecule has 0 aliphatic carbocycles. The molecular weight excluding hydrogens is 413 g/mol. The second-order valence-electron chi connectivity index (χ2n) is 6.16. The average Bonchev–Trinajstić information content (AvgIpc) is 3.19. The van der Waals surface area contributed by atoms with Crippen LogP contribution in [0.25, 0.3) is 0 Å². The molecule has 0 radical (unpaired) electrons. The zero-order valence-electron chi connectivity index (χ0n) is 14.6. The van der Waals surface area contributed by atoms with E-state index in [9.17, 15) is 17.6 Å². The van der Waals surface area contributed by atoms with Gasteiger partial charge in [0.15, 0.2) is 0 Å². The molecule has 1 N–H and O–H groups in total. The minimum Gasteiger partial charge on any atom is -0.322 e. The summed E-state index contributed by atoms with van der Waals surface area (Å²) in [4.78, 5) is 14.3. The minimum absolute atomic E-state index is 0.0650. The van der Waals surface area contributed by atoms with Crippen LogP contribution in [0.15, 0.2) is 39.9 Å². The molecule has 2 heterocycles. The van der Waals surface area contributed by atoms with E-state index in [2.05, 4.69) is 5.32 Å². The summed E-state index contributed by atoms with van der Waals surface area (Å²) >= 11 is 6.90. The zero-order valence-corrected chi connectivity index (χ0v) is 17.0. The normalized spacial score (nSPS) is 17.6. The van der Waals surface area contributed by atoms with Gasteiger partial charge < -0.3 is 5.32 Å². The summed E-state index contributed by atoms with van der Waals surface area (Å²) in [6.07, 6.45) is 0. The third-order valence-corrected chi connectivity index (χ3v) is 7.99. The lowest BCUT2D eigenvalue weighted by Crippen LogP contribution is -2.53. The van der Waals surface area contributed by atoms with Crippen LogP contribution in [0.5, 0.6) is 0 Å². The molecule has 1 aromatic carbocycles. The van der Waals surface area contributed by atoms with E-state index < -0.39 is 21.9 Å². The summed E-state index contributed by atoms with van der Waals surface area (Å²) in [6, 6.07) is 6.81. The van der Waals surface area contributed by atoms with Crippen LogP contribution in [0.4, 0.5) is 10.1 Å². The molecule has 0 saturated carbocycles. The summed E-state index contributed by atoms with van der Waals surface area (Å²) in [5.74, 6) is -0.958. The highest BCUT2D eigenvalue weighted by molar-refractivity contribution is 7.91. The number of amides is 1. The Labute approximate surface area is 166 Å². The third-order valence-electron chi connectivity index (χ3n) is 4.48. The number of sulfonamides is 1. The first kappa shape index (κ1) is 20.2. The molecule has 1 amide bonds. The fourth-order valence-electron chi connectivity index (χ4n) is 2.86. The van der Waals surface area contributed by atoms with Gasteiger partial charge in [-0.05, 0) is 36.6 Å². The van der Waals surface area contributed by atoms with Gasteiger partial charge in [-0.2, -0.15) is 4.31 Å². The topological polar surface area (TPSA) is 69.7 Å². The van der Waals surface area contributed by atoms with E-state index in [0.29, 0.717) is 30.4 Å². The van der Waals surface area contributed by atoms with Gasteiger partial charge in [-0.1, -0.05) is 17.7 Å². The second-order valence-corrected chi connectivity index (χ2v) is 9.71. The Morgan fingerprint density at radius 1 is 1.26 bits per heavy atom. The maximum atomic E-state index is 13.8. The number of hydrogen-bond acceptors (Lipinski definition) is 5. The van der Waals surface area contributed by atoms with Crippen molar-refractivity contribution >= 4 is 44.6 Å². The van der Waals surface area contributed by atoms with E-state index in [-0.39, 0.29) is 16.6 Å². The fraction of sp³-hybridized carbons (Fsp3) is 0.353. The quantitative estimate of drug-likeness (QED) is 0.790. The van der Waals surface area contributed by atoms with E-state index in [1.54, 1.807) is 24.4 Å². The minimum atomic E-state index is -3.48. The first-order valence-electron chi connectivity index (χ1n) is 8.32. The van der Waals surface area contributed by atoms with Crippen molar-refractivity contribution in [3.63, 3.8) is 0 Å². The van der Waals surface area contributed by atoms with Crippen LogP contribution in [-0.2, 0) is 14.8 Å². The Balaban J connectivity index is 1.59. The maximum absolute atomic E-state index is 13.8. The highest BCUT2D eigenvalue weighted by Crippen LogP contribution is 2.23. The van der Waals surface area contributed by atoms with E-state index >= 15 is 0 Å². The number of rotatable bonds is 5. The van der Waals surface area contributed by atoms with Gasteiger partial charge in [0, 0.05) is 31.2 Å². The van der Waals surface area contributed by atoms with Crippen LogP contribution in [0.1, 0.15) is 6.92 Å². The first-order valence-corrected chi connectivity index (χ1v) is 11.0. The summed E-state index contributed by atoms with van der Waals surface area (Å²) < 4.78 is 40.7. The molecule has 146 valence electrons. The molecule has 2 aromatic rings. The van der Waals surface area contributed by atoms with Gasteiger partial charge in [-0.3, -0.25) is 9.69 Å². The molecule has 3 rings (SSSR count). The van der Waals surface area contributed by atoms with Gasteiger partial charge in [0.05, 0.1) is 11.7 Å². The lowest BCUT2D eigenvalue weighted by molar-refractivity contribution is -0.121. The first-order chi connectivity index (χ1) is 12.8. The maximum Gasteiger partial charge on any atom is 0.252 e. The lowest BCUT2D eigenvalue weighted by atomic mass is 10.2. The molecule has 1 unspecified atom stereocenters. The summed E-state index contributed by atoms with van der Waals surface area (Å²) in [5.41, 5.74) is 0.0650. The van der Waals surface area contributed by atoms with Crippen LogP contribution in [0.3, 0.4) is 0 Å². The van der Waals surface area contributed by atoms with Gasteiger partial charge in [0.25, 0.3) is 10.0 Å². The molecule has 0 bridgehead atoms. The van der Waals surface area contributed by atoms with E-state index in [1.807, 2.05) is 4.90 Å². The molecular formula is C17H19ClFN3O3S2. The van der Waals surface area contributed by atoms with Crippen molar-refractivity contribution in [1.29, 1.82) is 0 Å². The molecule has 0 spiro atoms. The monoisotopic (exact) mass is 431 g/mol. The lowest BCUT2D eigenvalue weighted by Gasteiger charge is -2.36. The van der Waals surface area contributed by atoms with E-state index in [1.165, 1.54) is 27.8 Å². The second kappa shape index (κ2) is 8.24. The Kier molecular flexibility index (Phi) is 6.17. The predicted molar refractivity (Wildman–Crippen MR) is 104 cm³/mol. The largest absolute Gasteiger partial charge is 0.322 e. The molecule has 1 saturated heterocycles. The number of nitrogens with zero attached hydrogens (tertiary/aromatic N) is 2. The average molecular weight is 432 g/mol. The molecule has 1 aliphatic rings. The van der Waals surface area contributed by atoms with Crippen molar-refractivity contribution in [3.8, 4) is 0 Å². The van der Waals surface area contributed by atoms with Gasteiger partial charge in [-0.25, -0.2) is 12.8 Å². The molecule has 6 nitrogen and oxygen atoms in total. The Morgan fingerprint density at radius 3 is 2.56 bits per heavy atom. The Morgan fingerprint density at radius 2 is 1.96 bits per heavy atom. The summed E-state index contributed by atoms with van der Waals surface area (Å²) in [5, 5.41) is 4.53. The Hall–Kier alpha value is -1.52. The van der Waals surface area contributed by atoms with Gasteiger partial charge in [0.1, 0.15) is 10.0 Å². The molecule has 1 fully saturated rings. The SMILES string of the molecule is CC(C(=O)Nc1ccc(Cl)cc1F)N1CCN(S(=O)(=O)c2cccs2)CC1. The summed E-state index contributed by atoms with van der Waals surface area (Å²) in [7, 11) is -3.48. The van der Waals surface area contributed by atoms with Gasteiger partial charge >= 0.3 is 0 Å². The van der Waals surface area contributed by atoms with Crippen LogP contribution in [-0.4, -0.2) is 55.8 Å². The summed E-state index contributed by atoms with van der Waals surface area (Å²) in [6.45, 7) is 3.15. The van der Waals surface area contributed by atoms with Crippen molar-refractivity contribution in [2.24, 2.45) is 0 Å². The van der Waals surface area contributed by atoms with Crippen molar-refractivity contribution < 1.29 is 17.6 Å². The molecule has 1 aromatic heterocycles. The van der Waals surface area contributed by atoms with Crippen LogP contribution in [0.2, 0.25) is 5.02 Å². The van der Waals surface area contributed by atoms with Crippen molar-refractivity contribution in [2.75, 3.05) is 31.5 Å². The fourth-order valence-corrected chi connectivity index (χ4v) is 5.59. The van der Waals surface area contributed by atoms with Crippen molar-refractivity contribution in [3.05, 3.63) is 46.6 Å². The Bertz CT molecular complexity index is 914. The highest BCUT2D eigenvalue weighted by atomic mass is 35.5. The van der Waals surface area contributed by atoms with Gasteiger partial charge in [0.2, 0.25) is 5.91 Å². The molecule has 27 heavy (non-hydrogen) atoms. The number of hydrogen-bond donors (Lipinski definition) is 1. The smallest absolute Gasteiger partial charge is 0.252 e. The number of piperazine rings is 1. The number of nitrogens with one attached hydrogen (secondary N) is 1. The van der Waals surface area contributed by atoms with Crippen LogP contribution in [0, 0.1) is 5.82 Å². The van der Waals surface area contributed by atoms with E-state index in [4.69, 9.17) is 11.6 Å². The zero-order chi connectivity index (χ0) is 19.6. The van der Waals surface area contributed by atoms with Crippen molar-refractivity contribution in [2.45, 2.75) is 17.2 Å². The van der Waals surface area contributed by atoms with Crippen LogP contribution < -0.4 is 5.32 Å². The van der Waals surface area contributed by atoms with Gasteiger partial charge in [-0.15, -0.1) is 11.3 Å². The number of carbonyl (C=O) groups is 1. The standard InChI is InChI=1S/C17H19ClFN3O3S2/c1-12(17(23)20-15-5-4-13(18)11-14(15)19)21-6-8-22(9-7-21)27(24,25)16-3-2-10-26-16/h2-5,10-12H,6-9H2,1H3,(H,20,23). The number of thiophene rings is 1. The number of benzene rings is 1. The van der Waals surface area contributed by atoms with Crippen molar-refractivity contribution in [1.82, 2.24) is 9.21 Å². The number of anilines is 1. The molecule has 1 aliphatic heterocycles. The highest BCUT2D eigenvalue weighted by Gasteiger charge is 2.32. The number of carbonyl (C=O) groups excluding carboxylic acids is 1. The number of halogens is 2. The predicted octanol–water partition coefficient (Wildman–Crippen LogP) is 2.87. The van der Waals surface area contributed by atoms with E-state index in [0.717, 1.165) is 6.07 Å². The molecule has 10 heteroatoms. The van der Waals surface area contributed by atoms with Crippen LogP contribution >= 0.6 is 22.9 Å².